The van der Waals surface area contributed by atoms with Crippen molar-refractivity contribution in [3.05, 3.63) is 34.9 Å². The monoisotopic (exact) mass is 401 g/mol. The largest absolute Gasteiger partial charge is 0.381 e. The van der Waals surface area contributed by atoms with E-state index in [0.29, 0.717) is 25.1 Å². The summed E-state index contributed by atoms with van der Waals surface area (Å²) in [5, 5.41) is 2.34. The molecule has 3 amide bonds. The lowest BCUT2D eigenvalue weighted by atomic mass is 10.00. The molecule has 2 aliphatic rings. The molecule has 7 heteroatoms. The molecule has 0 aliphatic carbocycles. The second-order valence-electron chi connectivity index (χ2n) is 7.76. The minimum atomic E-state index is -0.567. The average Bonchev–Trinajstić information content (AvgIpc) is 3.04. The van der Waals surface area contributed by atoms with Crippen molar-refractivity contribution in [3.8, 4) is 0 Å². The first-order valence-corrected chi connectivity index (χ1v) is 10.6. The van der Waals surface area contributed by atoms with Gasteiger partial charge in [0.25, 0.3) is 5.91 Å². The van der Waals surface area contributed by atoms with Crippen molar-refractivity contribution in [2.75, 3.05) is 19.8 Å². The first kappa shape index (κ1) is 21.5. The van der Waals surface area contributed by atoms with Crippen molar-refractivity contribution in [3.63, 3.8) is 0 Å². The van der Waals surface area contributed by atoms with Crippen LogP contribution < -0.4 is 11.1 Å². The summed E-state index contributed by atoms with van der Waals surface area (Å²) in [5.41, 5.74) is 8.30. The highest BCUT2D eigenvalue weighted by Gasteiger charge is 2.39. The number of amides is 3. The molecule has 2 aliphatic heterocycles. The maximum Gasteiger partial charge on any atom is 0.255 e. The van der Waals surface area contributed by atoms with Crippen molar-refractivity contribution >= 4 is 17.7 Å². The summed E-state index contributed by atoms with van der Waals surface area (Å²) >= 11 is 0. The number of carbonyl (C=O) groups excluding carboxylic acids is 3. The van der Waals surface area contributed by atoms with E-state index in [-0.39, 0.29) is 24.1 Å². The summed E-state index contributed by atoms with van der Waals surface area (Å²) in [7, 11) is 0. The summed E-state index contributed by atoms with van der Waals surface area (Å²) in [5.74, 6) is -0.760. The van der Waals surface area contributed by atoms with E-state index in [1.165, 1.54) is 0 Å². The topological polar surface area (TPSA) is 102 Å². The molecule has 0 radical (unpaired) electrons. The Labute approximate surface area is 172 Å². The van der Waals surface area contributed by atoms with Gasteiger partial charge in [0.2, 0.25) is 11.8 Å². The number of ether oxygens (including phenoxy) is 1. The van der Waals surface area contributed by atoms with Crippen LogP contribution in [0.4, 0.5) is 0 Å². The summed E-state index contributed by atoms with van der Waals surface area (Å²) in [6.45, 7) is 2.66. The van der Waals surface area contributed by atoms with Gasteiger partial charge in [-0.2, -0.15) is 0 Å². The Morgan fingerprint density at radius 1 is 1.07 bits per heavy atom. The average molecular weight is 402 g/mol. The van der Waals surface area contributed by atoms with Gasteiger partial charge in [-0.25, -0.2) is 0 Å². The smallest absolute Gasteiger partial charge is 0.255 e. The van der Waals surface area contributed by atoms with E-state index in [4.69, 9.17) is 10.5 Å². The fourth-order valence-electron chi connectivity index (χ4n) is 4.05. The Morgan fingerprint density at radius 2 is 1.86 bits per heavy atom. The van der Waals surface area contributed by atoms with E-state index in [2.05, 4.69) is 5.32 Å². The quantitative estimate of drug-likeness (QED) is 0.436. The molecule has 0 bridgehead atoms. The van der Waals surface area contributed by atoms with Crippen LogP contribution >= 0.6 is 0 Å². The van der Waals surface area contributed by atoms with Crippen molar-refractivity contribution < 1.29 is 19.1 Å². The Kier molecular flexibility index (Phi) is 7.77. The Morgan fingerprint density at radius 3 is 2.66 bits per heavy atom. The molecule has 1 aromatic carbocycles. The maximum atomic E-state index is 12.8. The standard InChI is InChI=1S/C22H31N3O4/c23-12-3-1-2-4-13-29-14-6-8-16-7-5-9-17-18(16)15-25(22(17)28)19-10-11-20(26)24-21(19)27/h5,7,9,19H,1-4,6,8,10-15,23H2,(H,24,26,27). The third-order valence-electron chi connectivity index (χ3n) is 5.66. The number of nitrogens with zero attached hydrogens (tertiary/aromatic N) is 1. The highest BCUT2D eigenvalue weighted by atomic mass is 16.5. The lowest BCUT2D eigenvalue weighted by Gasteiger charge is -2.29. The molecule has 0 spiro atoms. The maximum absolute atomic E-state index is 12.8. The molecule has 1 fully saturated rings. The van der Waals surface area contributed by atoms with Crippen molar-refractivity contribution in [1.82, 2.24) is 10.2 Å². The predicted octanol–water partition coefficient (Wildman–Crippen LogP) is 1.92. The summed E-state index contributed by atoms with van der Waals surface area (Å²) < 4.78 is 5.72. The second kappa shape index (κ2) is 10.5. The highest BCUT2D eigenvalue weighted by molar-refractivity contribution is 6.05. The second-order valence-corrected chi connectivity index (χ2v) is 7.76. The Hall–Kier alpha value is -2.25. The van der Waals surface area contributed by atoms with Crippen molar-refractivity contribution in [2.24, 2.45) is 5.73 Å². The van der Waals surface area contributed by atoms with E-state index in [0.717, 1.165) is 62.8 Å². The SMILES string of the molecule is NCCCCCCOCCCc1cccc2c1CN(C1CCC(=O)NC1=O)C2=O. The van der Waals surface area contributed by atoms with Crippen molar-refractivity contribution in [2.45, 2.75) is 64.0 Å². The van der Waals surface area contributed by atoms with Crippen LogP contribution in [0.25, 0.3) is 0 Å². The van der Waals surface area contributed by atoms with Crippen LogP contribution in [0.5, 0.6) is 0 Å². The number of carbonyl (C=O) groups is 3. The molecule has 1 aromatic rings. The Bertz CT molecular complexity index is 750. The zero-order valence-corrected chi connectivity index (χ0v) is 17.0. The van der Waals surface area contributed by atoms with Gasteiger partial charge in [-0.3, -0.25) is 19.7 Å². The van der Waals surface area contributed by atoms with Crippen LogP contribution in [0.2, 0.25) is 0 Å². The first-order valence-electron chi connectivity index (χ1n) is 10.6. The van der Waals surface area contributed by atoms with Gasteiger partial charge >= 0.3 is 0 Å². The van der Waals surface area contributed by atoms with Crippen LogP contribution in [0, 0.1) is 0 Å². The number of nitrogens with one attached hydrogen (secondary N) is 1. The minimum absolute atomic E-state index is 0.120. The number of piperidine rings is 1. The van der Waals surface area contributed by atoms with Gasteiger partial charge in [0, 0.05) is 31.7 Å². The molecular formula is C22H31N3O4. The fraction of sp³-hybridized carbons (Fsp3) is 0.591. The number of fused-ring (bicyclic) bond motifs is 1. The van der Waals surface area contributed by atoms with E-state index >= 15 is 0 Å². The molecule has 1 atom stereocenters. The van der Waals surface area contributed by atoms with Crippen LogP contribution in [0.1, 0.15) is 66.4 Å². The van der Waals surface area contributed by atoms with Crippen molar-refractivity contribution in [1.29, 1.82) is 0 Å². The number of hydrogen-bond donors (Lipinski definition) is 2. The number of imide groups is 1. The Balaban J connectivity index is 1.49. The molecule has 3 N–H and O–H groups in total. The number of unbranched alkanes of at least 4 members (excludes halogenated alkanes) is 3. The molecule has 1 unspecified atom stereocenters. The van der Waals surface area contributed by atoms with E-state index in [9.17, 15) is 14.4 Å². The number of hydrogen-bond acceptors (Lipinski definition) is 5. The fourth-order valence-corrected chi connectivity index (χ4v) is 4.05. The van der Waals surface area contributed by atoms with E-state index < -0.39 is 6.04 Å². The number of aryl methyl sites for hydroxylation is 1. The van der Waals surface area contributed by atoms with Crippen LogP contribution in [0.15, 0.2) is 18.2 Å². The zero-order chi connectivity index (χ0) is 20.6. The summed E-state index contributed by atoms with van der Waals surface area (Å²) in [4.78, 5) is 38.0. The normalized spacial score (nSPS) is 18.9. The van der Waals surface area contributed by atoms with Gasteiger partial charge in [-0.1, -0.05) is 25.0 Å². The minimum Gasteiger partial charge on any atom is -0.381 e. The summed E-state index contributed by atoms with van der Waals surface area (Å²) in [6.07, 6.45) is 6.85. The number of benzene rings is 1. The van der Waals surface area contributed by atoms with Gasteiger partial charge in [-0.15, -0.1) is 0 Å². The van der Waals surface area contributed by atoms with Crippen LogP contribution in [0.3, 0.4) is 0 Å². The molecule has 7 nitrogen and oxygen atoms in total. The lowest BCUT2D eigenvalue weighted by molar-refractivity contribution is -0.136. The van der Waals surface area contributed by atoms with Crippen LogP contribution in [-0.4, -0.2) is 48.4 Å². The molecule has 1 saturated heterocycles. The molecular weight excluding hydrogens is 370 g/mol. The zero-order valence-electron chi connectivity index (χ0n) is 17.0. The molecule has 158 valence electrons. The molecule has 0 saturated carbocycles. The van der Waals surface area contributed by atoms with Gasteiger partial charge in [-0.05, 0) is 55.8 Å². The number of nitrogens with two attached hydrogens (primary N) is 1. The molecule has 29 heavy (non-hydrogen) atoms. The first-order chi connectivity index (χ1) is 14.1. The van der Waals surface area contributed by atoms with Gasteiger partial charge < -0.3 is 15.4 Å². The van der Waals surface area contributed by atoms with Gasteiger partial charge in [0.15, 0.2) is 0 Å². The number of rotatable bonds is 11. The lowest BCUT2D eigenvalue weighted by Crippen LogP contribution is -2.52. The summed E-state index contributed by atoms with van der Waals surface area (Å²) in [6, 6.07) is 5.21. The highest BCUT2D eigenvalue weighted by Crippen LogP contribution is 2.30. The van der Waals surface area contributed by atoms with Gasteiger partial charge in [0.1, 0.15) is 6.04 Å². The van der Waals surface area contributed by atoms with Gasteiger partial charge in [0.05, 0.1) is 0 Å². The third-order valence-corrected chi connectivity index (χ3v) is 5.66. The van der Waals surface area contributed by atoms with E-state index in [1.54, 1.807) is 4.90 Å². The van der Waals surface area contributed by atoms with Crippen LogP contribution in [-0.2, 0) is 27.3 Å². The van der Waals surface area contributed by atoms with E-state index in [1.807, 2.05) is 18.2 Å². The molecule has 0 aromatic heterocycles. The molecule has 2 heterocycles. The molecule has 3 rings (SSSR count). The third kappa shape index (κ3) is 5.42. The predicted molar refractivity (Wildman–Crippen MR) is 109 cm³/mol.